The molecule has 0 fully saturated rings. The second-order valence-electron chi connectivity index (χ2n) is 4.49. The zero-order valence-electron chi connectivity index (χ0n) is 11.3. The van der Waals surface area contributed by atoms with Crippen molar-refractivity contribution in [3.8, 4) is 0 Å². The molecule has 0 aromatic heterocycles. The molecule has 0 aliphatic rings. The van der Waals surface area contributed by atoms with Crippen molar-refractivity contribution in [2.24, 2.45) is 0 Å². The maximum absolute atomic E-state index is 12.2. The van der Waals surface area contributed by atoms with Crippen molar-refractivity contribution < 1.29 is 22.0 Å². The molecule has 0 atom stereocenters. The van der Waals surface area contributed by atoms with E-state index in [9.17, 15) is 22.0 Å². The molecule has 1 amide bonds. The summed E-state index contributed by atoms with van der Waals surface area (Å²) in [5.41, 5.74) is 0.638. The van der Waals surface area contributed by atoms with E-state index in [0.29, 0.717) is 12.1 Å². The van der Waals surface area contributed by atoms with E-state index < -0.39 is 21.3 Å². The van der Waals surface area contributed by atoms with Crippen molar-refractivity contribution in [2.75, 3.05) is 13.6 Å². The Kier molecular flexibility index (Phi) is 5.62. The monoisotopic (exact) mass is 305 g/mol. The number of hydrogen-bond donors (Lipinski definition) is 0. The Morgan fingerprint density at radius 3 is 2.25 bits per heavy atom. The Morgan fingerprint density at radius 1 is 1.25 bits per heavy atom. The molecule has 0 radical (unpaired) electrons. The minimum atomic E-state index is -4.44. The predicted molar refractivity (Wildman–Crippen MR) is 72.3 cm³/mol. The normalized spacial score (nSPS) is 11.7. The first kappa shape index (κ1) is 16.6. The van der Waals surface area contributed by atoms with Gasteiger partial charge in [-0.1, -0.05) is 19.1 Å². The third-order valence-corrected chi connectivity index (χ3v) is 4.02. The van der Waals surface area contributed by atoms with Gasteiger partial charge in [0, 0.05) is 19.2 Å². The lowest BCUT2D eigenvalue weighted by Gasteiger charge is -2.16. The molecule has 1 aromatic carbocycles. The minimum absolute atomic E-state index is 0.185. The SMILES string of the molecule is CCCN(C)C(=O)c1ccc(CS(=O)(=O)C(F)F)cc1. The number of halogens is 2. The number of carbonyl (C=O) groups is 1. The summed E-state index contributed by atoms with van der Waals surface area (Å²) in [5, 5.41) is 0. The van der Waals surface area contributed by atoms with E-state index in [1.165, 1.54) is 24.3 Å². The molecule has 0 unspecified atom stereocenters. The van der Waals surface area contributed by atoms with Crippen molar-refractivity contribution in [1.29, 1.82) is 0 Å². The van der Waals surface area contributed by atoms with Gasteiger partial charge in [-0.25, -0.2) is 8.42 Å². The standard InChI is InChI=1S/C13H17F2NO3S/c1-3-8-16(2)12(17)11-6-4-10(5-7-11)9-20(18,19)13(14)15/h4-7,13H,3,8-9H2,1-2H3. The number of rotatable bonds is 6. The Labute approximate surface area is 117 Å². The fraction of sp³-hybridized carbons (Fsp3) is 0.462. The zero-order valence-corrected chi connectivity index (χ0v) is 12.2. The lowest BCUT2D eigenvalue weighted by atomic mass is 10.1. The van der Waals surface area contributed by atoms with Gasteiger partial charge in [0.05, 0.1) is 5.75 Å². The fourth-order valence-corrected chi connectivity index (χ4v) is 2.48. The van der Waals surface area contributed by atoms with E-state index in [1.807, 2.05) is 6.92 Å². The summed E-state index contributed by atoms with van der Waals surface area (Å²) in [6.07, 6.45) is 0.826. The van der Waals surface area contributed by atoms with Crippen LogP contribution in [0.5, 0.6) is 0 Å². The van der Waals surface area contributed by atoms with Gasteiger partial charge >= 0.3 is 5.76 Å². The highest BCUT2D eigenvalue weighted by Gasteiger charge is 2.24. The smallest absolute Gasteiger partial charge is 0.337 e. The Morgan fingerprint density at radius 2 is 1.80 bits per heavy atom. The first-order valence-electron chi connectivity index (χ1n) is 6.12. The molecule has 112 valence electrons. The molecule has 7 heteroatoms. The average Bonchev–Trinajstić information content (AvgIpc) is 2.38. The van der Waals surface area contributed by atoms with Gasteiger partial charge in [-0.15, -0.1) is 0 Å². The predicted octanol–water partition coefficient (Wildman–Crippen LogP) is 2.31. The van der Waals surface area contributed by atoms with Crippen LogP contribution < -0.4 is 0 Å². The molecular weight excluding hydrogens is 288 g/mol. The molecule has 0 heterocycles. The van der Waals surface area contributed by atoms with E-state index in [4.69, 9.17) is 0 Å². The number of sulfone groups is 1. The summed E-state index contributed by atoms with van der Waals surface area (Å²) in [7, 11) is -2.77. The number of carbonyl (C=O) groups excluding carboxylic acids is 1. The van der Waals surface area contributed by atoms with Crippen molar-refractivity contribution >= 4 is 15.7 Å². The number of hydrogen-bond acceptors (Lipinski definition) is 3. The summed E-state index contributed by atoms with van der Waals surface area (Å²) in [6, 6.07) is 5.66. The van der Waals surface area contributed by atoms with Crippen LogP contribution >= 0.6 is 0 Å². The minimum Gasteiger partial charge on any atom is -0.342 e. The number of benzene rings is 1. The number of amides is 1. The van der Waals surface area contributed by atoms with Crippen LogP contribution in [-0.4, -0.2) is 38.6 Å². The molecule has 0 N–H and O–H groups in total. The highest BCUT2D eigenvalue weighted by atomic mass is 32.2. The maximum atomic E-state index is 12.2. The number of alkyl halides is 2. The van der Waals surface area contributed by atoms with Crippen molar-refractivity contribution in [2.45, 2.75) is 24.9 Å². The second kappa shape index (κ2) is 6.78. The highest BCUT2D eigenvalue weighted by molar-refractivity contribution is 7.90. The van der Waals surface area contributed by atoms with Gasteiger partial charge in [0.25, 0.3) is 5.91 Å². The van der Waals surface area contributed by atoms with E-state index in [-0.39, 0.29) is 11.5 Å². The maximum Gasteiger partial charge on any atom is 0.337 e. The molecule has 0 saturated heterocycles. The molecule has 1 aromatic rings. The summed E-state index contributed by atoms with van der Waals surface area (Å²) in [5.74, 6) is -4.31. The number of nitrogens with zero attached hydrogens (tertiary/aromatic N) is 1. The fourth-order valence-electron chi connectivity index (χ4n) is 1.70. The molecule has 0 bridgehead atoms. The van der Waals surface area contributed by atoms with Crippen LogP contribution in [0.15, 0.2) is 24.3 Å². The molecule has 0 aliphatic carbocycles. The molecule has 20 heavy (non-hydrogen) atoms. The van der Waals surface area contributed by atoms with Gasteiger partial charge in [0.15, 0.2) is 0 Å². The first-order valence-corrected chi connectivity index (χ1v) is 7.83. The van der Waals surface area contributed by atoms with Crippen molar-refractivity contribution in [3.05, 3.63) is 35.4 Å². The van der Waals surface area contributed by atoms with Gasteiger partial charge in [-0.05, 0) is 24.1 Å². The summed E-state index contributed by atoms with van der Waals surface area (Å²) >= 11 is 0. The van der Waals surface area contributed by atoms with Gasteiger partial charge in [-0.2, -0.15) is 8.78 Å². The molecule has 4 nitrogen and oxygen atoms in total. The Balaban J connectivity index is 2.82. The van der Waals surface area contributed by atoms with Crippen LogP contribution in [0.3, 0.4) is 0 Å². The van der Waals surface area contributed by atoms with Crippen molar-refractivity contribution in [3.63, 3.8) is 0 Å². The second-order valence-corrected chi connectivity index (χ2v) is 6.46. The topological polar surface area (TPSA) is 54.5 Å². The summed E-state index contributed by atoms with van der Waals surface area (Å²) in [4.78, 5) is 13.5. The third-order valence-electron chi connectivity index (χ3n) is 2.75. The van der Waals surface area contributed by atoms with Gasteiger partial charge in [0.1, 0.15) is 0 Å². The third kappa shape index (κ3) is 4.26. The van der Waals surface area contributed by atoms with Crippen LogP contribution in [0.1, 0.15) is 29.3 Å². The van der Waals surface area contributed by atoms with Crippen LogP contribution in [0.25, 0.3) is 0 Å². The van der Waals surface area contributed by atoms with E-state index >= 15 is 0 Å². The summed E-state index contributed by atoms with van der Waals surface area (Å²) < 4.78 is 46.7. The van der Waals surface area contributed by atoms with Crippen LogP contribution in [-0.2, 0) is 15.6 Å². The van der Waals surface area contributed by atoms with E-state index in [0.717, 1.165) is 6.42 Å². The van der Waals surface area contributed by atoms with Crippen LogP contribution in [0.4, 0.5) is 8.78 Å². The molecule has 1 rings (SSSR count). The van der Waals surface area contributed by atoms with Gasteiger partial charge in [-0.3, -0.25) is 4.79 Å². The van der Waals surface area contributed by atoms with Crippen LogP contribution in [0.2, 0.25) is 0 Å². The lowest BCUT2D eigenvalue weighted by molar-refractivity contribution is 0.0795. The first-order chi connectivity index (χ1) is 9.27. The van der Waals surface area contributed by atoms with Gasteiger partial charge in [0.2, 0.25) is 9.84 Å². The lowest BCUT2D eigenvalue weighted by Crippen LogP contribution is -2.27. The Hall–Kier alpha value is -1.50. The quantitative estimate of drug-likeness (QED) is 0.810. The van der Waals surface area contributed by atoms with Gasteiger partial charge < -0.3 is 4.90 Å². The molecule has 0 saturated carbocycles. The molecular formula is C13H17F2NO3S. The largest absolute Gasteiger partial charge is 0.342 e. The van der Waals surface area contributed by atoms with Crippen LogP contribution in [0, 0.1) is 0 Å². The van der Waals surface area contributed by atoms with E-state index in [1.54, 1.807) is 11.9 Å². The summed E-state index contributed by atoms with van der Waals surface area (Å²) in [6.45, 7) is 2.56. The highest BCUT2D eigenvalue weighted by Crippen LogP contribution is 2.15. The average molecular weight is 305 g/mol. The van der Waals surface area contributed by atoms with E-state index in [2.05, 4.69) is 0 Å². The Bertz CT molecular complexity index is 555. The molecule has 0 aliphatic heterocycles. The van der Waals surface area contributed by atoms with Crippen molar-refractivity contribution in [1.82, 2.24) is 4.90 Å². The molecule has 0 spiro atoms. The zero-order chi connectivity index (χ0) is 15.3.